The molecule has 3 heterocycles. The molecule has 0 unspecified atom stereocenters. The van der Waals surface area contributed by atoms with Gasteiger partial charge in [0.1, 0.15) is 5.69 Å². The third kappa shape index (κ3) is 3.02. The summed E-state index contributed by atoms with van der Waals surface area (Å²) in [6.45, 7) is 1.68. The summed E-state index contributed by atoms with van der Waals surface area (Å²) in [4.78, 5) is 18.1. The first-order valence-corrected chi connectivity index (χ1v) is 7.81. The van der Waals surface area contributed by atoms with Gasteiger partial charge in [0.25, 0.3) is 0 Å². The Kier molecular flexibility index (Phi) is 4.10. The van der Waals surface area contributed by atoms with Crippen LogP contribution < -0.4 is 10.2 Å². The maximum absolute atomic E-state index is 11.6. The molecule has 1 aliphatic rings. The van der Waals surface area contributed by atoms with Crippen LogP contribution in [0.3, 0.4) is 0 Å². The second-order valence-corrected chi connectivity index (χ2v) is 5.94. The summed E-state index contributed by atoms with van der Waals surface area (Å²) in [5.74, 6) is 0.260. The lowest BCUT2D eigenvalue weighted by Crippen LogP contribution is -2.39. The van der Waals surface area contributed by atoms with Crippen molar-refractivity contribution < 1.29 is 4.79 Å². The number of aromatic nitrogens is 3. The van der Waals surface area contributed by atoms with E-state index in [0.717, 1.165) is 41.8 Å². The zero-order chi connectivity index (χ0) is 14.7. The van der Waals surface area contributed by atoms with Crippen LogP contribution in [-0.4, -0.2) is 41.2 Å². The van der Waals surface area contributed by atoms with Gasteiger partial charge in [-0.3, -0.25) is 9.78 Å². The number of carbonyl (C=O) groups is 1. The van der Waals surface area contributed by atoms with Gasteiger partial charge in [0.05, 0.1) is 0 Å². The summed E-state index contributed by atoms with van der Waals surface area (Å²) in [7, 11) is 1.69. The number of piperidine rings is 1. The molecule has 1 fully saturated rings. The highest BCUT2D eigenvalue weighted by Crippen LogP contribution is 2.30. The average molecular weight is 303 g/mol. The normalized spacial score (nSPS) is 16.0. The first kappa shape index (κ1) is 13.9. The van der Waals surface area contributed by atoms with Gasteiger partial charge in [0.2, 0.25) is 11.0 Å². The lowest BCUT2D eigenvalue weighted by atomic mass is 9.96. The topological polar surface area (TPSA) is 71.0 Å². The molecular weight excluding hydrogens is 286 g/mol. The molecule has 3 rings (SSSR count). The van der Waals surface area contributed by atoms with Crippen molar-refractivity contribution in [2.75, 3.05) is 25.0 Å². The Balaban J connectivity index is 1.67. The van der Waals surface area contributed by atoms with Crippen molar-refractivity contribution >= 4 is 22.4 Å². The number of nitrogens with one attached hydrogen (secondary N) is 1. The molecule has 110 valence electrons. The third-order valence-electron chi connectivity index (χ3n) is 3.68. The van der Waals surface area contributed by atoms with Gasteiger partial charge in [-0.1, -0.05) is 17.4 Å². The van der Waals surface area contributed by atoms with Crippen LogP contribution >= 0.6 is 11.3 Å². The van der Waals surface area contributed by atoms with Crippen LogP contribution in [-0.2, 0) is 4.79 Å². The lowest BCUT2D eigenvalue weighted by molar-refractivity contribution is -0.125. The highest BCUT2D eigenvalue weighted by atomic mass is 32.1. The summed E-state index contributed by atoms with van der Waals surface area (Å²) in [6.07, 6.45) is 3.47. The molecule has 0 aromatic carbocycles. The minimum absolute atomic E-state index is 0.120. The van der Waals surface area contributed by atoms with Crippen molar-refractivity contribution in [1.82, 2.24) is 20.5 Å². The van der Waals surface area contributed by atoms with E-state index >= 15 is 0 Å². The molecule has 1 aliphatic heterocycles. The standard InChI is InChI=1S/C14H17N5OS/c1-15-12(20)10-5-8-19(9-6-10)14-18-17-13(21-14)11-4-2-3-7-16-11/h2-4,7,10H,5-6,8-9H2,1H3,(H,15,20). The quantitative estimate of drug-likeness (QED) is 0.932. The van der Waals surface area contributed by atoms with Crippen LogP contribution in [0.15, 0.2) is 24.4 Å². The van der Waals surface area contributed by atoms with Crippen molar-refractivity contribution in [3.05, 3.63) is 24.4 Å². The molecule has 2 aromatic rings. The monoisotopic (exact) mass is 303 g/mol. The second kappa shape index (κ2) is 6.17. The van der Waals surface area contributed by atoms with Gasteiger partial charge >= 0.3 is 0 Å². The molecule has 7 heteroatoms. The van der Waals surface area contributed by atoms with Gasteiger partial charge in [0, 0.05) is 32.3 Å². The zero-order valence-corrected chi connectivity index (χ0v) is 12.6. The minimum atomic E-state index is 0.120. The fourth-order valence-corrected chi connectivity index (χ4v) is 3.35. The maximum Gasteiger partial charge on any atom is 0.222 e. The fourth-order valence-electron chi connectivity index (χ4n) is 2.47. The molecule has 0 spiro atoms. The molecule has 1 N–H and O–H groups in total. The molecule has 0 saturated carbocycles. The predicted molar refractivity (Wildman–Crippen MR) is 82.1 cm³/mol. The Morgan fingerprint density at radius 2 is 2.14 bits per heavy atom. The third-order valence-corrected chi connectivity index (χ3v) is 4.69. The van der Waals surface area contributed by atoms with Crippen molar-refractivity contribution in [3.63, 3.8) is 0 Å². The van der Waals surface area contributed by atoms with Gasteiger partial charge in [-0.25, -0.2) is 0 Å². The summed E-state index contributed by atoms with van der Waals surface area (Å²) >= 11 is 1.55. The van der Waals surface area contributed by atoms with E-state index in [-0.39, 0.29) is 11.8 Å². The largest absolute Gasteiger partial charge is 0.359 e. The molecule has 0 radical (unpaired) electrons. The summed E-state index contributed by atoms with van der Waals surface area (Å²) < 4.78 is 0. The van der Waals surface area contributed by atoms with Crippen LogP contribution in [0, 0.1) is 5.92 Å². The molecule has 1 amide bonds. The Labute approximate surface area is 127 Å². The number of amides is 1. The number of carbonyl (C=O) groups excluding carboxylic acids is 1. The molecule has 0 bridgehead atoms. The van der Waals surface area contributed by atoms with Gasteiger partial charge in [-0.15, -0.1) is 10.2 Å². The molecular formula is C14H17N5OS. The smallest absolute Gasteiger partial charge is 0.222 e. The van der Waals surface area contributed by atoms with E-state index in [1.54, 1.807) is 24.6 Å². The van der Waals surface area contributed by atoms with E-state index < -0.39 is 0 Å². The Hall–Kier alpha value is -2.02. The SMILES string of the molecule is CNC(=O)C1CCN(c2nnc(-c3ccccn3)s2)CC1. The van der Waals surface area contributed by atoms with Crippen LogP contribution in [0.1, 0.15) is 12.8 Å². The van der Waals surface area contributed by atoms with Crippen molar-refractivity contribution in [2.24, 2.45) is 5.92 Å². The highest BCUT2D eigenvalue weighted by Gasteiger charge is 2.26. The summed E-state index contributed by atoms with van der Waals surface area (Å²) in [5, 5.41) is 12.9. The number of hydrogen-bond acceptors (Lipinski definition) is 6. The first-order valence-electron chi connectivity index (χ1n) is 6.99. The Bertz CT molecular complexity index is 607. The number of pyridine rings is 1. The van der Waals surface area contributed by atoms with E-state index in [2.05, 4.69) is 25.4 Å². The van der Waals surface area contributed by atoms with E-state index in [0.29, 0.717) is 0 Å². The Morgan fingerprint density at radius 3 is 2.81 bits per heavy atom. The Morgan fingerprint density at radius 1 is 1.33 bits per heavy atom. The summed E-state index contributed by atoms with van der Waals surface area (Å²) in [6, 6.07) is 5.76. The van der Waals surface area contributed by atoms with E-state index in [9.17, 15) is 4.79 Å². The van der Waals surface area contributed by atoms with Gasteiger partial charge < -0.3 is 10.2 Å². The number of nitrogens with zero attached hydrogens (tertiary/aromatic N) is 4. The number of rotatable bonds is 3. The molecule has 0 atom stereocenters. The van der Waals surface area contributed by atoms with Crippen LogP contribution in [0.5, 0.6) is 0 Å². The van der Waals surface area contributed by atoms with Crippen LogP contribution in [0.25, 0.3) is 10.7 Å². The van der Waals surface area contributed by atoms with Crippen molar-refractivity contribution in [1.29, 1.82) is 0 Å². The second-order valence-electron chi connectivity index (χ2n) is 4.98. The van der Waals surface area contributed by atoms with Crippen molar-refractivity contribution in [2.45, 2.75) is 12.8 Å². The molecule has 6 nitrogen and oxygen atoms in total. The van der Waals surface area contributed by atoms with Gasteiger partial charge in [-0.05, 0) is 25.0 Å². The summed E-state index contributed by atoms with van der Waals surface area (Å²) in [5.41, 5.74) is 0.849. The predicted octanol–water partition coefficient (Wildman–Crippen LogP) is 1.56. The average Bonchev–Trinajstić information content (AvgIpc) is 3.05. The minimum Gasteiger partial charge on any atom is -0.359 e. The molecule has 2 aromatic heterocycles. The van der Waals surface area contributed by atoms with E-state index in [4.69, 9.17) is 0 Å². The lowest BCUT2D eigenvalue weighted by Gasteiger charge is -2.30. The maximum atomic E-state index is 11.6. The molecule has 1 saturated heterocycles. The first-order chi connectivity index (χ1) is 10.3. The van der Waals surface area contributed by atoms with E-state index in [1.807, 2.05) is 18.2 Å². The van der Waals surface area contributed by atoms with E-state index in [1.165, 1.54) is 0 Å². The van der Waals surface area contributed by atoms with Gasteiger partial charge in [0.15, 0.2) is 5.01 Å². The van der Waals surface area contributed by atoms with Gasteiger partial charge in [-0.2, -0.15) is 0 Å². The van der Waals surface area contributed by atoms with Crippen LogP contribution in [0.4, 0.5) is 5.13 Å². The zero-order valence-electron chi connectivity index (χ0n) is 11.8. The molecule has 0 aliphatic carbocycles. The van der Waals surface area contributed by atoms with Crippen molar-refractivity contribution in [3.8, 4) is 10.7 Å². The highest BCUT2D eigenvalue weighted by molar-refractivity contribution is 7.18. The van der Waals surface area contributed by atoms with Crippen LogP contribution in [0.2, 0.25) is 0 Å². The fraction of sp³-hybridized carbons (Fsp3) is 0.429. The number of anilines is 1. The number of hydrogen-bond donors (Lipinski definition) is 1. The molecule has 21 heavy (non-hydrogen) atoms.